The van der Waals surface area contributed by atoms with Crippen LogP contribution < -0.4 is 0 Å². The van der Waals surface area contributed by atoms with Crippen LogP contribution in [-0.4, -0.2) is 37.2 Å². The topological polar surface area (TPSA) is 78.9 Å². The molecule has 1 unspecified atom stereocenters. The van der Waals surface area contributed by atoms with Crippen molar-refractivity contribution in [3.05, 3.63) is 122 Å². The summed E-state index contributed by atoms with van der Waals surface area (Å²) in [5.74, 6) is -0.927. The van der Waals surface area contributed by atoms with Gasteiger partial charge in [-0.2, -0.15) is 0 Å². The molecule has 0 fully saturated rings. The third-order valence-corrected chi connectivity index (χ3v) is 12.4. The third-order valence-electron chi connectivity index (χ3n) is 12.4. The summed E-state index contributed by atoms with van der Waals surface area (Å²) in [6.45, 7) is 6.44. The van der Waals surface area contributed by atoms with Crippen LogP contribution in [0.1, 0.15) is 265 Å². The molecule has 0 heterocycles. The second-order valence-electron chi connectivity index (χ2n) is 19.5. The van der Waals surface area contributed by atoms with Crippen molar-refractivity contribution >= 4 is 17.9 Å². The van der Waals surface area contributed by atoms with Gasteiger partial charge in [0.15, 0.2) is 6.10 Å². The molecule has 0 radical (unpaired) electrons. The van der Waals surface area contributed by atoms with Crippen LogP contribution in [0, 0.1) is 0 Å². The number of hydrogen-bond donors (Lipinski definition) is 0. The van der Waals surface area contributed by atoms with Gasteiger partial charge in [0.25, 0.3) is 0 Å². The highest BCUT2D eigenvalue weighted by atomic mass is 16.6. The summed E-state index contributed by atoms with van der Waals surface area (Å²) >= 11 is 0. The van der Waals surface area contributed by atoms with Gasteiger partial charge >= 0.3 is 17.9 Å². The predicted molar refractivity (Wildman–Crippen MR) is 316 cm³/mol. The van der Waals surface area contributed by atoms with E-state index < -0.39 is 6.10 Å². The van der Waals surface area contributed by atoms with E-state index in [2.05, 4.69) is 142 Å². The Morgan fingerprint density at radius 1 is 0.288 bits per heavy atom. The van der Waals surface area contributed by atoms with Crippen LogP contribution in [0.4, 0.5) is 0 Å². The molecule has 0 aliphatic rings. The molecule has 0 saturated carbocycles. The SMILES string of the molecule is CC/C=C\C/C=C\C/C=C\C/C=C\C/C=C\C/C=C\C/C=C\C/C=C\CCCCCCCCC(=O)OCC(COC(=O)CCCCCCC/C=C\CCCC)OC(=O)CCCCCCC/C=C\CCCCCC. The van der Waals surface area contributed by atoms with Crippen molar-refractivity contribution < 1.29 is 28.6 Å². The minimum atomic E-state index is -0.794. The van der Waals surface area contributed by atoms with Crippen molar-refractivity contribution in [2.75, 3.05) is 13.2 Å². The summed E-state index contributed by atoms with van der Waals surface area (Å²) in [6, 6.07) is 0. The smallest absolute Gasteiger partial charge is 0.306 e. The Labute approximate surface area is 450 Å². The summed E-state index contributed by atoms with van der Waals surface area (Å²) in [6.07, 6.45) is 83.4. The first-order chi connectivity index (χ1) is 36.0. The molecule has 0 aromatic heterocycles. The predicted octanol–water partition coefficient (Wildman–Crippen LogP) is 20.4. The van der Waals surface area contributed by atoms with Crippen LogP contribution in [-0.2, 0) is 28.6 Å². The van der Waals surface area contributed by atoms with Crippen molar-refractivity contribution in [1.29, 1.82) is 0 Å². The highest BCUT2D eigenvalue weighted by Gasteiger charge is 2.19. The number of hydrogen-bond acceptors (Lipinski definition) is 6. The number of allylic oxidation sites excluding steroid dienone is 20. The maximum absolute atomic E-state index is 12.8. The average Bonchev–Trinajstić information content (AvgIpc) is 3.39. The van der Waals surface area contributed by atoms with Crippen LogP contribution in [0.2, 0.25) is 0 Å². The Bertz CT molecular complexity index is 1540. The highest BCUT2D eigenvalue weighted by Crippen LogP contribution is 2.14. The molecule has 73 heavy (non-hydrogen) atoms. The van der Waals surface area contributed by atoms with Gasteiger partial charge in [-0.15, -0.1) is 0 Å². The summed E-state index contributed by atoms with van der Waals surface area (Å²) in [4.78, 5) is 38.1. The van der Waals surface area contributed by atoms with Gasteiger partial charge in [0.1, 0.15) is 13.2 Å². The number of unbranched alkanes of at least 4 members (excludes halogenated alkanes) is 22. The lowest BCUT2D eigenvalue weighted by Crippen LogP contribution is -2.30. The van der Waals surface area contributed by atoms with E-state index in [1.165, 1.54) is 77.0 Å². The Morgan fingerprint density at radius 2 is 0.548 bits per heavy atom. The molecule has 0 aliphatic carbocycles. The summed E-state index contributed by atoms with van der Waals surface area (Å²) in [5.41, 5.74) is 0. The van der Waals surface area contributed by atoms with E-state index in [9.17, 15) is 14.4 Å². The second kappa shape index (κ2) is 60.4. The summed E-state index contributed by atoms with van der Waals surface area (Å²) in [5, 5.41) is 0. The minimum absolute atomic E-state index is 0.0920. The molecule has 0 aromatic rings. The van der Waals surface area contributed by atoms with Gasteiger partial charge < -0.3 is 14.2 Å². The number of esters is 3. The van der Waals surface area contributed by atoms with Gasteiger partial charge in [0.05, 0.1) is 0 Å². The normalized spacial score (nSPS) is 13.0. The lowest BCUT2D eigenvalue weighted by Gasteiger charge is -2.18. The van der Waals surface area contributed by atoms with Crippen molar-refractivity contribution in [3.8, 4) is 0 Å². The van der Waals surface area contributed by atoms with Crippen LogP contribution in [0.3, 0.4) is 0 Å². The van der Waals surface area contributed by atoms with E-state index in [-0.39, 0.29) is 31.1 Å². The van der Waals surface area contributed by atoms with Crippen LogP contribution in [0.25, 0.3) is 0 Å². The fraction of sp³-hybridized carbons (Fsp3) is 0.657. The number of ether oxygens (including phenoxy) is 3. The van der Waals surface area contributed by atoms with E-state index in [0.717, 1.165) is 148 Å². The van der Waals surface area contributed by atoms with Gasteiger partial charge in [-0.1, -0.05) is 239 Å². The second-order valence-corrected chi connectivity index (χ2v) is 19.5. The summed E-state index contributed by atoms with van der Waals surface area (Å²) < 4.78 is 16.8. The maximum atomic E-state index is 12.8. The third kappa shape index (κ3) is 58.6. The van der Waals surface area contributed by atoms with Crippen LogP contribution in [0.5, 0.6) is 0 Å². The molecule has 1 atom stereocenters. The zero-order valence-electron chi connectivity index (χ0n) is 47.4. The molecular weight excluding hydrogens is 901 g/mol. The molecule has 6 heteroatoms. The van der Waals surface area contributed by atoms with Gasteiger partial charge in [-0.3, -0.25) is 14.4 Å². The van der Waals surface area contributed by atoms with E-state index in [0.29, 0.717) is 19.3 Å². The van der Waals surface area contributed by atoms with Crippen molar-refractivity contribution in [2.24, 2.45) is 0 Å². The van der Waals surface area contributed by atoms with Gasteiger partial charge in [-0.25, -0.2) is 0 Å². The molecule has 0 spiro atoms. The average molecular weight is 1010 g/mol. The van der Waals surface area contributed by atoms with Gasteiger partial charge in [-0.05, 0) is 128 Å². The Balaban J connectivity index is 4.27. The monoisotopic (exact) mass is 1010 g/mol. The molecule has 0 N–H and O–H groups in total. The quantitative estimate of drug-likeness (QED) is 0.0261. The lowest BCUT2D eigenvalue weighted by atomic mass is 10.1. The molecule has 0 amide bonds. The molecule has 0 aliphatic heterocycles. The molecule has 414 valence electrons. The lowest BCUT2D eigenvalue weighted by molar-refractivity contribution is -0.167. The molecule has 0 bridgehead atoms. The molecule has 0 rings (SSSR count). The van der Waals surface area contributed by atoms with E-state index in [1.807, 2.05) is 0 Å². The fourth-order valence-electron chi connectivity index (χ4n) is 7.90. The molecule has 0 aromatic carbocycles. The zero-order valence-corrected chi connectivity index (χ0v) is 47.4. The summed E-state index contributed by atoms with van der Waals surface area (Å²) in [7, 11) is 0. The van der Waals surface area contributed by atoms with Gasteiger partial charge in [0.2, 0.25) is 0 Å². The van der Waals surface area contributed by atoms with Crippen molar-refractivity contribution in [1.82, 2.24) is 0 Å². The van der Waals surface area contributed by atoms with Crippen molar-refractivity contribution in [2.45, 2.75) is 271 Å². The molecule has 0 saturated heterocycles. The number of carbonyl (C=O) groups excluding carboxylic acids is 3. The largest absolute Gasteiger partial charge is 0.462 e. The van der Waals surface area contributed by atoms with E-state index in [4.69, 9.17) is 14.2 Å². The minimum Gasteiger partial charge on any atom is -0.462 e. The highest BCUT2D eigenvalue weighted by molar-refractivity contribution is 5.71. The number of carbonyl (C=O) groups is 3. The Morgan fingerprint density at radius 3 is 0.890 bits per heavy atom. The number of rotatable bonds is 53. The van der Waals surface area contributed by atoms with E-state index >= 15 is 0 Å². The first-order valence-corrected chi connectivity index (χ1v) is 30.0. The molecule has 6 nitrogen and oxygen atoms in total. The molecular formula is C67H110O6. The van der Waals surface area contributed by atoms with E-state index in [1.54, 1.807) is 0 Å². The maximum Gasteiger partial charge on any atom is 0.306 e. The van der Waals surface area contributed by atoms with Crippen LogP contribution in [0.15, 0.2) is 122 Å². The first kappa shape index (κ1) is 68.8. The van der Waals surface area contributed by atoms with Crippen molar-refractivity contribution in [3.63, 3.8) is 0 Å². The van der Waals surface area contributed by atoms with Gasteiger partial charge in [0, 0.05) is 19.3 Å². The van der Waals surface area contributed by atoms with Crippen LogP contribution >= 0.6 is 0 Å². The fourth-order valence-corrected chi connectivity index (χ4v) is 7.90. The first-order valence-electron chi connectivity index (χ1n) is 30.0. The standard InChI is InChI=1S/C67H110O6/c1-4-7-10-13-16-19-22-24-25-26-27-28-29-30-31-32-33-34-35-36-37-38-39-40-41-43-45-48-51-54-57-60-66(69)72-63-64(62-71-65(68)59-56-53-50-47-44-21-18-15-12-9-6-3)73-67(70)61-58-55-52-49-46-42-23-20-17-14-11-8-5-2/h7,10,15-16,18-20,23-25,27-28,30-31,33-34,36-37,39-40,64H,4-6,8-9,11-14,17,21-22,26,29,32,35,38,41-63H2,1-3H3/b10-7-,18-15-,19-16-,23-20-,25-24-,28-27-,31-30-,34-33-,37-36-,40-39-. The Kier molecular flexibility index (Phi) is 56.9. The Hall–Kier alpha value is -4.19. The zero-order chi connectivity index (χ0) is 52.9.